The van der Waals surface area contributed by atoms with Crippen molar-refractivity contribution in [3.8, 4) is 0 Å². The molecule has 1 aliphatic heterocycles. The van der Waals surface area contributed by atoms with Crippen LogP contribution < -0.4 is 4.90 Å². The van der Waals surface area contributed by atoms with E-state index in [0.717, 1.165) is 0 Å². The van der Waals surface area contributed by atoms with Crippen LogP contribution in [0.15, 0.2) is 10.7 Å². The van der Waals surface area contributed by atoms with Gasteiger partial charge in [-0.3, -0.25) is 0 Å². The lowest BCUT2D eigenvalue weighted by Gasteiger charge is -2.10. The molecule has 88 valence electrons. The Morgan fingerprint density at radius 3 is 3.25 bits per heavy atom. The Morgan fingerprint density at radius 2 is 2.62 bits per heavy atom. The summed E-state index contributed by atoms with van der Waals surface area (Å²) >= 11 is 0. The average molecular weight is 226 g/mol. The molecule has 1 aromatic rings. The van der Waals surface area contributed by atoms with Gasteiger partial charge in [-0.25, -0.2) is 4.79 Å². The molecule has 1 saturated heterocycles. The number of ether oxygens (including phenoxy) is 1. The van der Waals surface area contributed by atoms with Crippen LogP contribution in [0, 0.1) is 0 Å². The van der Waals surface area contributed by atoms with Gasteiger partial charge in [-0.1, -0.05) is 0 Å². The van der Waals surface area contributed by atoms with E-state index in [2.05, 4.69) is 4.98 Å². The number of rotatable bonds is 3. The van der Waals surface area contributed by atoms with Gasteiger partial charge in [0.1, 0.15) is 6.26 Å². The van der Waals surface area contributed by atoms with Crippen LogP contribution in [0.25, 0.3) is 0 Å². The Kier molecular flexibility index (Phi) is 3.09. The number of hydrogen-bond acceptors (Lipinski definition) is 6. The minimum Gasteiger partial charge on any atom is -0.461 e. The molecule has 6 heteroatoms. The molecule has 0 aliphatic carbocycles. The zero-order valence-corrected chi connectivity index (χ0v) is 9.05. The van der Waals surface area contributed by atoms with Gasteiger partial charge in [-0.15, -0.1) is 0 Å². The van der Waals surface area contributed by atoms with E-state index in [1.807, 2.05) is 0 Å². The summed E-state index contributed by atoms with van der Waals surface area (Å²) in [7, 11) is 0. The van der Waals surface area contributed by atoms with Crippen LogP contribution in [0.2, 0.25) is 0 Å². The molecule has 2 heterocycles. The van der Waals surface area contributed by atoms with Crippen LogP contribution in [-0.2, 0) is 4.74 Å². The summed E-state index contributed by atoms with van der Waals surface area (Å²) < 4.78 is 9.96. The fraction of sp³-hybridized carbons (Fsp3) is 0.600. The Labute approximate surface area is 92.8 Å². The van der Waals surface area contributed by atoms with Crippen molar-refractivity contribution in [2.24, 2.45) is 0 Å². The molecule has 0 unspecified atom stereocenters. The number of aliphatic hydroxyl groups excluding tert-OH is 1. The highest BCUT2D eigenvalue weighted by molar-refractivity contribution is 5.87. The fourth-order valence-corrected chi connectivity index (χ4v) is 1.62. The van der Waals surface area contributed by atoms with Crippen molar-refractivity contribution in [2.45, 2.75) is 19.4 Å². The summed E-state index contributed by atoms with van der Waals surface area (Å²) in [5.74, 6) is -0.489. The summed E-state index contributed by atoms with van der Waals surface area (Å²) in [5.41, 5.74) is 0.165. The minimum atomic E-state index is -0.489. The molecule has 0 bridgehead atoms. The smallest absolute Gasteiger partial charge is 0.360 e. The molecule has 1 aliphatic rings. The maximum absolute atomic E-state index is 11.3. The third kappa shape index (κ3) is 2.16. The summed E-state index contributed by atoms with van der Waals surface area (Å²) in [4.78, 5) is 17.1. The number of anilines is 1. The molecule has 1 N–H and O–H groups in total. The summed E-state index contributed by atoms with van der Waals surface area (Å²) in [5, 5.41) is 9.36. The lowest BCUT2D eigenvalue weighted by Crippen LogP contribution is -2.21. The molecule has 0 spiro atoms. The van der Waals surface area contributed by atoms with Gasteiger partial charge in [0.15, 0.2) is 5.69 Å². The lowest BCUT2D eigenvalue weighted by molar-refractivity contribution is 0.0519. The second-order valence-corrected chi connectivity index (χ2v) is 3.62. The van der Waals surface area contributed by atoms with Crippen LogP contribution in [0.1, 0.15) is 23.8 Å². The van der Waals surface area contributed by atoms with E-state index < -0.39 is 5.97 Å². The van der Waals surface area contributed by atoms with Gasteiger partial charge < -0.3 is 19.2 Å². The highest BCUT2D eigenvalue weighted by Crippen LogP contribution is 2.19. The van der Waals surface area contributed by atoms with Crippen LogP contribution in [-0.4, -0.2) is 41.9 Å². The van der Waals surface area contributed by atoms with Gasteiger partial charge in [-0.2, -0.15) is 4.98 Å². The number of aliphatic hydroxyl groups is 1. The minimum absolute atomic E-state index is 0.165. The summed E-state index contributed by atoms with van der Waals surface area (Å²) in [6.45, 7) is 3.21. The number of nitrogens with zero attached hydrogens (tertiary/aromatic N) is 2. The molecule has 2 rings (SSSR count). The average Bonchev–Trinajstić information content (AvgIpc) is 2.85. The van der Waals surface area contributed by atoms with E-state index in [4.69, 9.17) is 9.15 Å². The first-order valence-corrected chi connectivity index (χ1v) is 5.26. The number of β-amino-alcohol motifs (C(OH)–C–C–N with tert-alkyl or cyclic N) is 1. The summed E-state index contributed by atoms with van der Waals surface area (Å²) in [6.07, 6.45) is 1.62. The molecular formula is C10H14N2O4. The predicted octanol–water partition coefficient (Wildman–Crippen LogP) is 0.422. The highest BCUT2D eigenvalue weighted by atomic mass is 16.5. The number of oxazole rings is 1. The highest BCUT2D eigenvalue weighted by Gasteiger charge is 2.25. The number of aromatic nitrogens is 1. The van der Waals surface area contributed by atoms with Crippen molar-refractivity contribution in [2.75, 3.05) is 24.6 Å². The van der Waals surface area contributed by atoms with Crippen molar-refractivity contribution in [3.63, 3.8) is 0 Å². The molecule has 16 heavy (non-hydrogen) atoms. The Bertz CT molecular complexity index is 377. The van der Waals surface area contributed by atoms with Crippen molar-refractivity contribution >= 4 is 12.0 Å². The maximum Gasteiger partial charge on any atom is 0.360 e. The van der Waals surface area contributed by atoms with Crippen molar-refractivity contribution in [1.82, 2.24) is 4.98 Å². The Morgan fingerprint density at radius 1 is 1.81 bits per heavy atom. The molecule has 0 radical (unpaired) electrons. The molecule has 0 aromatic carbocycles. The Balaban J connectivity index is 2.04. The number of carbonyl (C=O) groups excluding carboxylic acids is 1. The maximum atomic E-state index is 11.3. The first-order chi connectivity index (χ1) is 7.70. The van der Waals surface area contributed by atoms with Crippen molar-refractivity contribution in [3.05, 3.63) is 12.0 Å². The van der Waals surface area contributed by atoms with E-state index in [0.29, 0.717) is 32.1 Å². The van der Waals surface area contributed by atoms with Crippen molar-refractivity contribution < 1.29 is 19.1 Å². The topological polar surface area (TPSA) is 75.8 Å². The molecule has 1 aromatic heterocycles. The summed E-state index contributed by atoms with van der Waals surface area (Å²) in [6, 6.07) is 0.361. The van der Waals surface area contributed by atoms with Gasteiger partial charge >= 0.3 is 5.97 Å². The largest absolute Gasteiger partial charge is 0.461 e. The number of esters is 1. The fourth-order valence-electron chi connectivity index (χ4n) is 1.62. The molecular weight excluding hydrogens is 212 g/mol. The molecule has 1 fully saturated rings. The predicted molar refractivity (Wildman–Crippen MR) is 55.3 cm³/mol. The second kappa shape index (κ2) is 4.52. The van der Waals surface area contributed by atoms with Crippen LogP contribution >= 0.6 is 0 Å². The normalized spacial score (nSPS) is 20.1. The van der Waals surface area contributed by atoms with Gasteiger partial charge in [0.05, 0.1) is 12.7 Å². The second-order valence-electron chi connectivity index (χ2n) is 3.62. The first kappa shape index (κ1) is 10.9. The van der Waals surface area contributed by atoms with Gasteiger partial charge in [-0.05, 0) is 13.3 Å². The molecule has 0 amide bonds. The third-order valence-electron chi connectivity index (χ3n) is 2.41. The molecule has 6 nitrogen and oxygen atoms in total. The van der Waals surface area contributed by atoms with Crippen molar-refractivity contribution in [1.29, 1.82) is 0 Å². The number of hydrogen-bond donors (Lipinski definition) is 1. The van der Waals surface area contributed by atoms with Gasteiger partial charge in [0.25, 0.3) is 6.01 Å². The van der Waals surface area contributed by atoms with E-state index in [1.165, 1.54) is 6.26 Å². The van der Waals surface area contributed by atoms with Crippen LogP contribution in [0.4, 0.5) is 6.01 Å². The zero-order valence-electron chi connectivity index (χ0n) is 9.05. The van der Waals surface area contributed by atoms with Crippen LogP contribution in [0.3, 0.4) is 0 Å². The SMILES string of the molecule is CCOC(=O)c1coc(N2CC[C@@H](O)C2)n1. The van der Waals surface area contributed by atoms with E-state index in [9.17, 15) is 9.90 Å². The Hall–Kier alpha value is -1.56. The monoisotopic (exact) mass is 226 g/mol. The quantitative estimate of drug-likeness (QED) is 0.753. The van der Waals surface area contributed by atoms with Gasteiger partial charge in [0.2, 0.25) is 0 Å². The van der Waals surface area contributed by atoms with Gasteiger partial charge in [0, 0.05) is 13.1 Å². The molecule has 1 atom stereocenters. The van der Waals surface area contributed by atoms with Crippen LogP contribution in [0.5, 0.6) is 0 Å². The van der Waals surface area contributed by atoms with E-state index in [-0.39, 0.29) is 11.8 Å². The third-order valence-corrected chi connectivity index (χ3v) is 2.41. The first-order valence-electron chi connectivity index (χ1n) is 5.26. The zero-order chi connectivity index (χ0) is 11.5. The lowest BCUT2D eigenvalue weighted by atomic mass is 10.3. The standard InChI is InChI=1S/C10H14N2O4/c1-2-15-9(14)8-6-16-10(11-8)12-4-3-7(13)5-12/h6-7,13H,2-5H2,1H3/t7-/m1/s1. The number of carbonyl (C=O) groups is 1. The van der Waals surface area contributed by atoms with E-state index >= 15 is 0 Å². The van der Waals surface area contributed by atoms with E-state index in [1.54, 1.807) is 11.8 Å². The molecule has 0 saturated carbocycles.